The SMILES string of the molecule is C#CCNC(=O)c1cc(Br)cc(C(F)(F)F)c1. The topological polar surface area (TPSA) is 29.1 Å². The van der Waals surface area contributed by atoms with Crippen LogP contribution in [-0.2, 0) is 6.18 Å². The summed E-state index contributed by atoms with van der Waals surface area (Å²) in [7, 11) is 0. The zero-order chi connectivity index (χ0) is 13.1. The van der Waals surface area contributed by atoms with E-state index in [1.807, 2.05) is 0 Å². The van der Waals surface area contributed by atoms with E-state index in [2.05, 4.69) is 27.2 Å². The van der Waals surface area contributed by atoms with E-state index in [0.717, 1.165) is 12.1 Å². The third-order valence-electron chi connectivity index (χ3n) is 1.84. The van der Waals surface area contributed by atoms with E-state index >= 15 is 0 Å². The molecule has 0 aliphatic heterocycles. The van der Waals surface area contributed by atoms with Crippen molar-refractivity contribution in [3.63, 3.8) is 0 Å². The van der Waals surface area contributed by atoms with Crippen molar-refractivity contribution < 1.29 is 18.0 Å². The van der Waals surface area contributed by atoms with Gasteiger partial charge in [-0.25, -0.2) is 0 Å². The van der Waals surface area contributed by atoms with Gasteiger partial charge in [0, 0.05) is 10.0 Å². The fraction of sp³-hybridized carbons (Fsp3) is 0.182. The molecule has 0 unspecified atom stereocenters. The lowest BCUT2D eigenvalue weighted by Gasteiger charge is -2.09. The van der Waals surface area contributed by atoms with Crippen LogP contribution in [0.1, 0.15) is 15.9 Å². The molecule has 0 heterocycles. The number of rotatable bonds is 2. The van der Waals surface area contributed by atoms with Crippen molar-refractivity contribution >= 4 is 21.8 Å². The predicted molar refractivity (Wildman–Crippen MR) is 60.3 cm³/mol. The lowest BCUT2D eigenvalue weighted by Crippen LogP contribution is -2.24. The van der Waals surface area contributed by atoms with Crippen LogP contribution in [0.3, 0.4) is 0 Å². The predicted octanol–water partition coefficient (Wildman–Crippen LogP) is 2.83. The van der Waals surface area contributed by atoms with Gasteiger partial charge in [-0.2, -0.15) is 13.2 Å². The highest BCUT2D eigenvalue weighted by molar-refractivity contribution is 9.10. The van der Waals surface area contributed by atoms with Crippen molar-refractivity contribution in [3.05, 3.63) is 33.8 Å². The Morgan fingerprint density at radius 2 is 2.06 bits per heavy atom. The summed E-state index contributed by atoms with van der Waals surface area (Å²) in [5, 5.41) is 2.29. The van der Waals surface area contributed by atoms with Gasteiger partial charge in [-0.15, -0.1) is 6.42 Å². The summed E-state index contributed by atoms with van der Waals surface area (Å²) in [5.74, 6) is 1.52. The molecule has 0 bridgehead atoms. The minimum absolute atomic E-state index is 0.0350. The van der Waals surface area contributed by atoms with Crippen molar-refractivity contribution in [2.45, 2.75) is 6.18 Å². The summed E-state index contributed by atoms with van der Waals surface area (Å²) in [6.07, 6.45) is 0.435. The van der Waals surface area contributed by atoms with E-state index < -0.39 is 17.6 Å². The van der Waals surface area contributed by atoms with Crippen LogP contribution in [0.2, 0.25) is 0 Å². The molecule has 0 saturated carbocycles. The second kappa shape index (κ2) is 5.23. The molecule has 1 N–H and O–H groups in total. The molecule has 0 aliphatic carbocycles. The molecule has 1 amide bonds. The zero-order valence-corrected chi connectivity index (χ0v) is 10.0. The zero-order valence-electron chi connectivity index (χ0n) is 8.44. The quantitative estimate of drug-likeness (QED) is 0.837. The van der Waals surface area contributed by atoms with Gasteiger partial charge >= 0.3 is 6.18 Å². The molecule has 0 fully saturated rings. The Kier molecular flexibility index (Phi) is 4.18. The van der Waals surface area contributed by atoms with Crippen molar-refractivity contribution in [2.75, 3.05) is 6.54 Å². The molecular weight excluding hydrogens is 299 g/mol. The molecule has 0 spiro atoms. The number of halogens is 4. The summed E-state index contributed by atoms with van der Waals surface area (Å²) in [4.78, 5) is 11.4. The first-order chi connectivity index (χ1) is 7.84. The number of hydrogen-bond acceptors (Lipinski definition) is 1. The van der Waals surface area contributed by atoms with Gasteiger partial charge in [0.15, 0.2) is 0 Å². The van der Waals surface area contributed by atoms with E-state index in [1.54, 1.807) is 0 Å². The van der Waals surface area contributed by atoms with E-state index in [0.29, 0.717) is 0 Å². The van der Waals surface area contributed by atoms with Crippen LogP contribution in [0.4, 0.5) is 13.2 Å². The molecule has 0 atom stereocenters. The number of alkyl halides is 3. The summed E-state index contributed by atoms with van der Waals surface area (Å²) in [5.41, 5.74) is -0.986. The normalized spacial score (nSPS) is 10.8. The van der Waals surface area contributed by atoms with Gasteiger partial charge in [0.05, 0.1) is 12.1 Å². The minimum Gasteiger partial charge on any atom is -0.341 e. The van der Waals surface area contributed by atoms with Crippen molar-refractivity contribution in [3.8, 4) is 12.3 Å². The second-order valence-corrected chi connectivity index (χ2v) is 4.03. The minimum atomic E-state index is -4.50. The third-order valence-corrected chi connectivity index (χ3v) is 2.30. The van der Waals surface area contributed by atoms with Gasteiger partial charge in [-0.05, 0) is 18.2 Å². The van der Waals surface area contributed by atoms with Crippen molar-refractivity contribution in [1.29, 1.82) is 0 Å². The van der Waals surface area contributed by atoms with Crippen LogP contribution in [0, 0.1) is 12.3 Å². The molecule has 0 saturated heterocycles. The van der Waals surface area contributed by atoms with Crippen LogP contribution in [-0.4, -0.2) is 12.5 Å². The Balaban J connectivity index is 3.06. The number of terminal acetylenes is 1. The second-order valence-electron chi connectivity index (χ2n) is 3.11. The average Bonchev–Trinajstić information content (AvgIpc) is 2.23. The van der Waals surface area contributed by atoms with Gasteiger partial charge in [-0.3, -0.25) is 4.79 Å². The number of amides is 1. The van der Waals surface area contributed by atoms with Gasteiger partial charge in [-0.1, -0.05) is 21.9 Å². The van der Waals surface area contributed by atoms with E-state index in [1.165, 1.54) is 6.07 Å². The van der Waals surface area contributed by atoms with Gasteiger partial charge < -0.3 is 5.32 Å². The van der Waals surface area contributed by atoms with Gasteiger partial charge in [0.1, 0.15) is 0 Å². The summed E-state index contributed by atoms with van der Waals surface area (Å²) in [6, 6.07) is 2.97. The summed E-state index contributed by atoms with van der Waals surface area (Å²) < 4.78 is 37.6. The lowest BCUT2D eigenvalue weighted by molar-refractivity contribution is -0.137. The summed E-state index contributed by atoms with van der Waals surface area (Å²) in [6.45, 7) is -0.0350. The van der Waals surface area contributed by atoms with Crippen LogP contribution in [0.15, 0.2) is 22.7 Å². The first-order valence-electron chi connectivity index (χ1n) is 4.44. The highest BCUT2D eigenvalue weighted by Gasteiger charge is 2.31. The molecular formula is C11H7BrF3NO. The number of benzene rings is 1. The highest BCUT2D eigenvalue weighted by Crippen LogP contribution is 2.31. The molecule has 1 aromatic carbocycles. The molecule has 17 heavy (non-hydrogen) atoms. The van der Waals surface area contributed by atoms with Crippen LogP contribution < -0.4 is 5.32 Å². The van der Waals surface area contributed by atoms with Crippen LogP contribution in [0.5, 0.6) is 0 Å². The molecule has 1 aromatic rings. The largest absolute Gasteiger partial charge is 0.416 e. The highest BCUT2D eigenvalue weighted by atomic mass is 79.9. The number of nitrogens with one attached hydrogen (secondary N) is 1. The fourth-order valence-electron chi connectivity index (χ4n) is 1.12. The Morgan fingerprint density at radius 3 is 2.59 bits per heavy atom. The van der Waals surface area contributed by atoms with Crippen LogP contribution >= 0.6 is 15.9 Å². The number of hydrogen-bond donors (Lipinski definition) is 1. The first kappa shape index (κ1) is 13.6. The van der Waals surface area contributed by atoms with Gasteiger partial charge in [0.25, 0.3) is 5.91 Å². The standard InChI is InChI=1S/C11H7BrF3NO/c1-2-3-16-10(17)7-4-8(11(13,14)15)6-9(12)5-7/h1,4-6H,3H2,(H,16,17). The van der Waals surface area contributed by atoms with Crippen molar-refractivity contribution in [1.82, 2.24) is 5.32 Å². The smallest absolute Gasteiger partial charge is 0.341 e. The average molecular weight is 306 g/mol. The first-order valence-corrected chi connectivity index (χ1v) is 5.23. The molecule has 2 nitrogen and oxygen atoms in total. The van der Waals surface area contributed by atoms with Crippen LogP contribution in [0.25, 0.3) is 0 Å². The molecule has 0 aliphatic rings. The van der Waals surface area contributed by atoms with Crippen molar-refractivity contribution in [2.24, 2.45) is 0 Å². The third kappa shape index (κ3) is 3.79. The maximum absolute atomic E-state index is 12.5. The maximum Gasteiger partial charge on any atom is 0.416 e. The summed E-state index contributed by atoms with van der Waals surface area (Å²) >= 11 is 2.92. The Hall–Kier alpha value is -1.48. The molecule has 6 heteroatoms. The van der Waals surface area contributed by atoms with E-state index in [9.17, 15) is 18.0 Å². The molecule has 1 rings (SSSR count). The molecule has 0 aromatic heterocycles. The lowest BCUT2D eigenvalue weighted by atomic mass is 10.1. The maximum atomic E-state index is 12.5. The molecule has 0 radical (unpaired) electrons. The Morgan fingerprint density at radius 1 is 1.41 bits per heavy atom. The fourth-order valence-corrected chi connectivity index (χ4v) is 1.61. The van der Waals surface area contributed by atoms with E-state index in [4.69, 9.17) is 6.42 Å². The van der Waals surface area contributed by atoms with Gasteiger partial charge in [0.2, 0.25) is 0 Å². The number of carbonyl (C=O) groups excluding carboxylic acids is 1. The Labute approximate surface area is 104 Å². The Bertz CT molecular complexity index is 477. The molecule has 90 valence electrons. The number of carbonyl (C=O) groups is 1. The monoisotopic (exact) mass is 305 g/mol. The van der Waals surface area contributed by atoms with E-state index in [-0.39, 0.29) is 16.6 Å².